The van der Waals surface area contributed by atoms with Gasteiger partial charge in [-0.3, -0.25) is 4.98 Å². The highest BCUT2D eigenvalue weighted by Crippen LogP contribution is 2.23. The average molecular weight is 367 g/mol. The highest BCUT2D eigenvalue weighted by Gasteiger charge is 2.20. The lowest BCUT2D eigenvalue weighted by atomic mass is 9.87. The minimum Gasteiger partial charge on any atom is -0.355 e. The summed E-state index contributed by atoms with van der Waals surface area (Å²) in [7, 11) is 0. The van der Waals surface area contributed by atoms with Crippen LogP contribution in [0, 0.1) is 5.92 Å². The fourth-order valence-electron chi connectivity index (χ4n) is 3.29. The molecule has 1 saturated heterocycles. The minimum absolute atomic E-state index is 0.112. The molecule has 0 spiro atoms. The lowest BCUT2D eigenvalue weighted by molar-refractivity contribution is 0.248. The van der Waals surface area contributed by atoms with E-state index < -0.39 is 0 Å². The van der Waals surface area contributed by atoms with Gasteiger partial charge in [0, 0.05) is 37.7 Å². The number of carbonyl (C=O) groups is 1. The highest BCUT2D eigenvalue weighted by atomic mass is 16.2. The Bertz CT molecular complexity index is 731. The Morgan fingerprint density at radius 1 is 1.15 bits per heavy atom. The summed E-state index contributed by atoms with van der Waals surface area (Å²) in [6, 6.07) is 7.91. The van der Waals surface area contributed by atoms with Crippen molar-refractivity contribution in [1.82, 2.24) is 15.3 Å². The third-order valence-corrected chi connectivity index (χ3v) is 5.05. The van der Waals surface area contributed by atoms with E-state index in [-0.39, 0.29) is 11.4 Å². The van der Waals surface area contributed by atoms with Gasteiger partial charge in [-0.05, 0) is 41.9 Å². The Balaban J connectivity index is 1.41. The molecule has 2 aromatic rings. The highest BCUT2D eigenvalue weighted by molar-refractivity contribution is 5.89. The number of amides is 2. The van der Waals surface area contributed by atoms with Crippen molar-refractivity contribution in [3.05, 3.63) is 48.4 Å². The molecule has 144 valence electrons. The summed E-state index contributed by atoms with van der Waals surface area (Å²) in [5, 5.41) is 5.92. The maximum absolute atomic E-state index is 12.2. The third kappa shape index (κ3) is 5.42. The van der Waals surface area contributed by atoms with E-state index in [1.165, 1.54) is 5.56 Å². The van der Waals surface area contributed by atoms with Crippen LogP contribution >= 0.6 is 0 Å². The Morgan fingerprint density at radius 2 is 1.85 bits per heavy atom. The smallest absolute Gasteiger partial charge is 0.319 e. The van der Waals surface area contributed by atoms with Crippen molar-refractivity contribution < 1.29 is 4.79 Å². The van der Waals surface area contributed by atoms with Gasteiger partial charge < -0.3 is 15.5 Å². The first-order valence-electron chi connectivity index (χ1n) is 9.58. The monoisotopic (exact) mass is 367 g/mol. The first kappa shape index (κ1) is 19.1. The van der Waals surface area contributed by atoms with Crippen molar-refractivity contribution in [3.8, 4) is 0 Å². The first-order chi connectivity index (χ1) is 12.9. The molecule has 2 heterocycles. The molecule has 27 heavy (non-hydrogen) atoms. The largest absolute Gasteiger partial charge is 0.355 e. The van der Waals surface area contributed by atoms with Crippen LogP contribution in [-0.2, 0) is 5.41 Å². The maximum atomic E-state index is 12.2. The molecule has 0 aliphatic carbocycles. The van der Waals surface area contributed by atoms with E-state index in [0.717, 1.165) is 37.4 Å². The molecular weight excluding hydrogens is 338 g/mol. The van der Waals surface area contributed by atoms with Crippen LogP contribution in [0.4, 0.5) is 16.3 Å². The lowest BCUT2D eigenvalue weighted by Gasteiger charge is -2.32. The van der Waals surface area contributed by atoms with Crippen molar-refractivity contribution in [2.24, 2.45) is 5.92 Å². The van der Waals surface area contributed by atoms with Crippen LogP contribution in [0.5, 0.6) is 0 Å². The van der Waals surface area contributed by atoms with Crippen LogP contribution in [0.25, 0.3) is 0 Å². The topological polar surface area (TPSA) is 70.2 Å². The third-order valence-electron chi connectivity index (χ3n) is 5.05. The number of nitrogens with zero attached hydrogens (tertiary/aromatic N) is 3. The zero-order valence-corrected chi connectivity index (χ0v) is 16.4. The standard InChI is InChI=1S/C21H29N5O/c1-21(2,3)17-4-6-18(7-5-17)25-20(27)24-14-16-8-12-26(13-9-16)19-15-22-10-11-23-19/h4-7,10-11,15-16H,8-9,12-14H2,1-3H3,(H2,24,25,27). The Labute approximate surface area is 161 Å². The Hall–Kier alpha value is -2.63. The van der Waals surface area contributed by atoms with Crippen molar-refractivity contribution in [2.75, 3.05) is 29.9 Å². The fourth-order valence-corrected chi connectivity index (χ4v) is 3.29. The number of piperidine rings is 1. The second-order valence-electron chi connectivity index (χ2n) is 8.16. The number of hydrogen-bond donors (Lipinski definition) is 2. The van der Waals surface area contributed by atoms with E-state index in [2.05, 4.69) is 58.4 Å². The normalized spacial score (nSPS) is 15.4. The molecule has 2 amide bonds. The fraction of sp³-hybridized carbons (Fsp3) is 0.476. The molecule has 1 fully saturated rings. The Kier molecular flexibility index (Phi) is 5.94. The lowest BCUT2D eigenvalue weighted by Crippen LogP contribution is -2.40. The number of benzene rings is 1. The molecule has 0 unspecified atom stereocenters. The number of carbonyl (C=O) groups excluding carboxylic acids is 1. The molecule has 1 aliphatic rings. The van der Waals surface area contributed by atoms with Crippen LogP contribution in [-0.4, -0.2) is 35.6 Å². The molecule has 0 radical (unpaired) electrons. The molecule has 0 atom stereocenters. The van der Waals surface area contributed by atoms with Crippen LogP contribution in [0.3, 0.4) is 0 Å². The summed E-state index contributed by atoms with van der Waals surface area (Å²) in [4.78, 5) is 22.9. The number of hydrogen-bond acceptors (Lipinski definition) is 4. The quantitative estimate of drug-likeness (QED) is 0.862. The number of rotatable bonds is 4. The van der Waals surface area contributed by atoms with Gasteiger partial charge in [-0.1, -0.05) is 32.9 Å². The SMILES string of the molecule is CC(C)(C)c1ccc(NC(=O)NCC2CCN(c3cnccn3)CC2)cc1. The molecule has 1 aliphatic heterocycles. The minimum atomic E-state index is -0.144. The van der Waals surface area contributed by atoms with Crippen molar-refractivity contribution >= 4 is 17.5 Å². The first-order valence-corrected chi connectivity index (χ1v) is 9.58. The van der Waals surface area contributed by atoms with Gasteiger partial charge in [-0.15, -0.1) is 0 Å². The van der Waals surface area contributed by atoms with E-state index in [4.69, 9.17) is 0 Å². The Morgan fingerprint density at radius 3 is 2.44 bits per heavy atom. The van der Waals surface area contributed by atoms with Crippen LogP contribution < -0.4 is 15.5 Å². The molecule has 0 saturated carbocycles. The van der Waals surface area contributed by atoms with Crippen molar-refractivity contribution in [2.45, 2.75) is 39.0 Å². The molecule has 6 heteroatoms. The van der Waals surface area contributed by atoms with Gasteiger partial charge in [0.05, 0.1) is 6.20 Å². The molecular formula is C21H29N5O. The van der Waals surface area contributed by atoms with Crippen LogP contribution in [0.1, 0.15) is 39.2 Å². The molecule has 2 N–H and O–H groups in total. The van der Waals surface area contributed by atoms with Gasteiger partial charge in [0.15, 0.2) is 0 Å². The van der Waals surface area contributed by atoms with Gasteiger partial charge >= 0.3 is 6.03 Å². The molecule has 6 nitrogen and oxygen atoms in total. The van der Waals surface area contributed by atoms with E-state index >= 15 is 0 Å². The molecule has 1 aromatic heterocycles. The summed E-state index contributed by atoms with van der Waals surface area (Å²) in [6.07, 6.45) is 7.29. The van der Waals surface area contributed by atoms with Gasteiger partial charge in [-0.25, -0.2) is 9.78 Å². The molecule has 1 aromatic carbocycles. The van der Waals surface area contributed by atoms with Gasteiger partial charge in [0.1, 0.15) is 5.82 Å². The van der Waals surface area contributed by atoms with Crippen molar-refractivity contribution in [1.29, 1.82) is 0 Å². The number of nitrogens with one attached hydrogen (secondary N) is 2. The molecule has 0 bridgehead atoms. The van der Waals surface area contributed by atoms with Crippen LogP contribution in [0.2, 0.25) is 0 Å². The second-order valence-corrected chi connectivity index (χ2v) is 8.16. The summed E-state index contributed by atoms with van der Waals surface area (Å²) >= 11 is 0. The predicted molar refractivity (Wildman–Crippen MR) is 109 cm³/mol. The summed E-state index contributed by atoms with van der Waals surface area (Å²) in [5.74, 6) is 1.42. The van der Waals surface area contributed by atoms with Crippen molar-refractivity contribution in [3.63, 3.8) is 0 Å². The van der Waals surface area contributed by atoms with Gasteiger partial charge in [0.25, 0.3) is 0 Å². The van der Waals surface area contributed by atoms with Gasteiger partial charge in [-0.2, -0.15) is 0 Å². The van der Waals surface area contributed by atoms with Gasteiger partial charge in [0.2, 0.25) is 0 Å². The average Bonchev–Trinajstić information content (AvgIpc) is 2.67. The van der Waals surface area contributed by atoms with E-state index in [0.29, 0.717) is 12.5 Å². The predicted octanol–water partition coefficient (Wildman–Crippen LogP) is 3.81. The summed E-state index contributed by atoms with van der Waals surface area (Å²) in [5.41, 5.74) is 2.18. The van der Waals surface area contributed by atoms with E-state index in [9.17, 15) is 4.79 Å². The van der Waals surface area contributed by atoms with E-state index in [1.54, 1.807) is 18.6 Å². The second kappa shape index (κ2) is 8.37. The summed E-state index contributed by atoms with van der Waals surface area (Å²) < 4.78 is 0. The number of anilines is 2. The zero-order chi connectivity index (χ0) is 19.3. The number of urea groups is 1. The van der Waals surface area contributed by atoms with Crippen LogP contribution in [0.15, 0.2) is 42.9 Å². The molecule has 3 rings (SSSR count). The maximum Gasteiger partial charge on any atom is 0.319 e. The number of aromatic nitrogens is 2. The summed E-state index contributed by atoms with van der Waals surface area (Å²) in [6.45, 7) is 9.12. The van der Waals surface area contributed by atoms with E-state index in [1.807, 2.05) is 12.1 Å². The zero-order valence-electron chi connectivity index (χ0n) is 16.4.